The average Bonchev–Trinajstić information content (AvgIpc) is 3.50. The van der Waals surface area contributed by atoms with Crippen molar-refractivity contribution in [2.45, 2.75) is 73.5 Å². The topological polar surface area (TPSA) is 35.0 Å². The summed E-state index contributed by atoms with van der Waals surface area (Å²) in [6.45, 7) is 20.6. The molecule has 0 saturated heterocycles. The zero-order valence-corrected chi connectivity index (χ0v) is 36.9. The second-order valence-electron chi connectivity index (χ2n) is 16.2. The van der Waals surface area contributed by atoms with Gasteiger partial charge in [-0.3, -0.25) is 0 Å². The zero-order valence-electron chi connectivity index (χ0n) is 32.6. The molecular weight excluding hydrogens is 861 g/mol. The molecule has 0 atom stereocenters. The third-order valence-electron chi connectivity index (χ3n) is 9.36. The molecule has 1 radical (unpaired) electrons. The molecule has 0 aliphatic carbocycles. The van der Waals surface area contributed by atoms with Crippen LogP contribution in [-0.4, -0.2) is 25.2 Å². The molecule has 0 N–H and O–H groups in total. The Bertz CT molecular complexity index is 2320. The molecule has 0 amide bonds. The number of ether oxygens (including phenoxy) is 1. The van der Waals surface area contributed by atoms with Crippen molar-refractivity contribution in [3.63, 3.8) is 0 Å². The van der Waals surface area contributed by atoms with Crippen LogP contribution in [0.3, 0.4) is 0 Å². The van der Waals surface area contributed by atoms with Crippen molar-refractivity contribution >= 4 is 44.8 Å². The fraction of sp³-hybridized carbons (Fsp3) is 0.277. The van der Waals surface area contributed by atoms with Crippen LogP contribution in [0.5, 0.6) is 5.75 Å². The first-order valence-corrected chi connectivity index (χ1v) is 22.5. The number of thiophene rings is 1. The summed E-state index contributed by atoms with van der Waals surface area (Å²) in [4.78, 5) is 9.43. The van der Waals surface area contributed by atoms with Gasteiger partial charge in [-0.15, -0.1) is 59.7 Å². The number of methoxy groups -OCH3 is 1. The van der Waals surface area contributed by atoms with Crippen LogP contribution < -0.4 is 9.92 Å². The molecular formula is C47H50IrN2OSSi-2. The first-order valence-electron chi connectivity index (χ1n) is 18.2. The summed E-state index contributed by atoms with van der Waals surface area (Å²) in [5.41, 5.74) is 10.8. The van der Waals surface area contributed by atoms with E-state index in [1.165, 1.54) is 53.2 Å². The van der Waals surface area contributed by atoms with Gasteiger partial charge in [-0.1, -0.05) is 113 Å². The van der Waals surface area contributed by atoms with Gasteiger partial charge >= 0.3 is 0 Å². The molecule has 3 aromatic heterocycles. The summed E-state index contributed by atoms with van der Waals surface area (Å²) in [6, 6.07) is 38.5. The van der Waals surface area contributed by atoms with Crippen LogP contribution >= 0.6 is 11.3 Å². The minimum Gasteiger partial charge on any atom is -0.497 e. The summed E-state index contributed by atoms with van der Waals surface area (Å²) >= 11 is 1.79. The van der Waals surface area contributed by atoms with Crippen molar-refractivity contribution in [3.8, 4) is 39.4 Å². The first-order chi connectivity index (χ1) is 24.7. The quantitative estimate of drug-likeness (QED) is 0.118. The normalized spacial score (nSPS) is 11.7. The van der Waals surface area contributed by atoms with Crippen LogP contribution in [0.4, 0.5) is 0 Å². The van der Waals surface area contributed by atoms with E-state index in [1.54, 1.807) is 18.4 Å². The third-order valence-corrected chi connectivity index (χ3v) is 12.5. The summed E-state index contributed by atoms with van der Waals surface area (Å²) in [7, 11) is 0.392. The molecule has 0 bridgehead atoms. The fourth-order valence-electron chi connectivity index (χ4n) is 6.69. The summed E-state index contributed by atoms with van der Waals surface area (Å²) in [5.74, 6) is 1.41. The molecule has 0 aliphatic heterocycles. The number of hydrogen-bond donors (Lipinski definition) is 0. The standard InChI is InChI=1S/C30H28NOS.C17H22NSi.Ir/c1-19-18-31-26(14-22(19)17-30(2,3)4)21-11-12-27-25(13-21)29-24(20-9-7-6-8-10-20)15-23(32-5)16-28(29)33-27;1-13(2)15-11-16(14-9-7-6-8-10-14)18-12-17(15)19(3,4)5;/h6-10,12-16,18H,17H2,1-5H3;6-9,11-13H,1-5H3;/q2*-1;. The summed E-state index contributed by atoms with van der Waals surface area (Å²) in [5, 5.41) is 3.98. The van der Waals surface area contributed by atoms with Gasteiger partial charge < -0.3 is 14.7 Å². The van der Waals surface area contributed by atoms with E-state index in [1.807, 2.05) is 24.4 Å². The number of aromatic nitrogens is 2. The Labute approximate surface area is 335 Å². The molecule has 0 aliphatic rings. The predicted molar refractivity (Wildman–Crippen MR) is 227 cm³/mol. The van der Waals surface area contributed by atoms with Gasteiger partial charge in [0.2, 0.25) is 0 Å². The van der Waals surface area contributed by atoms with E-state index in [-0.39, 0.29) is 25.5 Å². The van der Waals surface area contributed by atoms with Gasteiger partial charge in [-0.2, -0.15) is 11.3 Å². The number of hydrogen-bond acceptors (Lipinski definition) is 4. The Balaban J connectivity index is 0.000000232. The molecule has 53 heavy (non-hydrogen) atoms. The van der Waals surface area contributed by atoms with Crippen LogP contribution in [0.15, 0.2) is 103 Å². The van der Waals surface area contributed by atoms with E-state index in [4.69, 9.17) is 9.72 Å². The van der Waals surface area contributed by atoms with Crippen LogP contribution in [0.25, 0.3) is 53.8 Å². The van der Waals surface area contributed by atoms with Gasteiger partial charge in [-0.05, 0) is 80.2 Å². The minimum absolute atomic E-state index is 0. The van der Waals surface area contributed by atoms with Crippen molar-refractivity contribution in [2.24, 2.45) is 5.41 Å². The molecule has 0 unspecified atom stereocenters. The summed E-state index contributed by atoms with van der Waals surface area (Å²) < 4.78 is 8.07. The van der Waals surface area contributed by atoms with E-state index in [2.05, 4.69) is 157 Å². The molecule has 0 fully saturated rings. The second kappa shape index (κ2) is 16.6. The van der Waals surface area contributed by atoms with Gasteiger partial charge in [0.15, 0.2) is 0 Å². The number of rotatable bonds is 7. The minimum atomic E-state index is -1.34. The van der Waals surface area contributed by atoms with Crippen molar-refractivity contribution in [3.05, 3.63) is 132 Å². The van der Waals surface area contributed by atoms with Gasteiger partial charge in [-0.25, -0.2) is 0 Å². The molecule has 3 nitrogen and oxygen atoms in total. The Morgan fingerprint density at radius 3 is 2.15 bits per heavy atom. The van der Waals surface area contributed by atoms with Gasteiger partial charge in [0.1, 0.15) is 5.75 Å². The Hall–Kier alpha value is -3.93. The van der Waals surface area contributed by atoms with Crippen molar-refractivity contribution in [1.82, 2.24) is 9.97 Å². The molecule has 275 valence electrons. The van der Waals surface area contributed by atoms with Gasteiger partial charge in [0, 0.05) is 37.2 Å². The number of fused-ring (bicyclic) bond motifs is 3. The zero-order chi connectivity index (χ0) is 37.2. The van der Waals surface area contributed by atoms with Crippen LogP contribution in [0, 0.1) is 24.5 Å². The van der Waals surface area contributed by atoms with Crippen molar-refractivity contribution in [2.75, 3.05) is 7.11 Å². The monoisotopic (exact) mass is 911 g/mol. The van der Waals surface area contributed by atoms with E-state index < -0.39 is 8.07 Å². The van der Waals surface area contributed by atoms with Gasteiger partial charge in [0.25, 0.3) is 0 Å². The third kappa shape index (κ3) is 9.42. The molecule has 7 rings (SSSR count). The Morgan fingerprint density at radius 1 is 0.811 bits per heavy atom. The van der Waals surface area contributed by atoms with E-state index in [0.717, 1.165) is 34.7 Å². The maximum Gasteiger partial charge on any atom is 0.120 e. The second-order valence-corrected chi connectivity index (χ2v) is 22.3. The van der Waals surface area contributed by atoms with E-state index >= 15 is 0 Å². The van der Waals surface area contributed by atoms with Crippen LogP contribution in [0.1, 0.15) is 57.2 Å². The summed E-state index contributed by atoms with van der Waals surface area (Å²) in [6.07, 6.45) is 5.12. The van der Waals surface area contributed by atoms with Crippen LogP contribution in [0.2, 0.25) is 19.6 Å². The van der Waals surface area contributed by atoms with Crippen LogP contribution in [-0.2, 0) is 26.5 Å². The fourth-order valence-corrected chi connectivity index (χ4v) is 9.49. The molecule has 6 heteroatoms. The van der Waals surface area contributed by atoms with E-state index in [9.17, 15) is 0 Å². The number of aryl methyl sites for hydroxylation is 1. The van der Waals surface area contributed by atoms with E-state index in [0.29, 0.717) is 5.92 Å². The molecule has 3 heterocycles. The smallest absolute Gasteiger partial charge is 0.120 e. The Kier molecular flexibility index (Phi) is 12.6. The number of nitrogens with zero attached hydrogens (tertiary/aromatic N) is 2. The largest absolute Gasteiger partial charge is 0.497 e. The SMILES string of the molecule is CC(C)c1cc(-c2[c-]cccc2)ncc1[Si](C)(C)C.COc1cc(-c2ccccc2)c2c(c1)sc1c[c-]c(-c3cc(CC(C)(C)C)c(C)cn3)cc12.[Ir]. The number of pyridine rings is 2. The first kappa shape index (κ1) is 40.3. The maximum absolute atomic E-state index is 5.63. The molecule has 0 saturated carbocycles. The Morgan fingerprint density at radius 2 is 1.51 bits per heavy atom. The molecule has 7 aromatic rings. The van der Waals surface area contributed by atoms with Crippen molar-refractivity contribution < 1.29 is 24.8 Å². The molecule has 4 aromatic carbocycles. The van der Waals surface area contributed by atoms with Crippen molar-refractivity contribution in [1.29, 1.82) is 0 Å². The average molecular weight is 911 g/mol. The van der Waals surface area contributed by atoms with Gasteiger partial charge in [0.05, 0.1) is 15.2 Å². The predicted octanol–water partition coefficient (Wildman–Crippen LogP) is 12.7. The molecule has 0 spiro atoms. The maximum atomic E-state index is 5.63. The number of benzene rings is 4.